The zero-order valence-corrected chi connectivity index (χ0v) is 12.9. The lowest BCUT2D eigenvalue weighted by Gasteiger charge is -2.27. The molecule has 3 heteroatoms. The number of hydrogen-bond acceptors (Lipinski definition) is 2. The fourth-order valence-electron chi connectivity index (χ4n) is 2.80. The third-order valence-electron chi connectivity index (χ3n) is 4.50. The fraction of sp³-hybridized carbons (Fsp3) is 0.938. The van der Waals surface area contributed by atoms with Crippen LogP contribution >= 0.6 is 0 Å². The molecule has 0 aromatic heterocycles. The minimum absolute atomic E-state index is 0.0308. The Morgan fingerprint density at radius 2 is 1.79 bits per heavy atom. The van der Waals surface area contributed by atoms with E-state index in [4.69, 9.17) is 0 Å². The molecule has 0 aromatic carbocycles. The van der Waals surface area contributed by atoms with Gasteiger partial charge in [-0.25, -0.2) is 0 Å². The highest BCUT2D eigenvalue weighted by Crippen LogP contribution is 2.34. The van der Waals surface area contributed by atoms with Crippen molar-refractivity contribution in [2.24, 2.45) is 10.8 Å². The Morgan fingerprint density at radius 1 is 1.21 bits per heavy atom. The zero-order chi connectivity index (χ0) is 14.4. The first kappa shape index (κ1) is 16.5. The van der Waals surface area contributed by atoms with E-state index < -0.39 is 0 Å². The number of amides is 1. The number of aliphatic hydroxyl groups excluding tert-OH is 1. The molecule has 0 atom stereocenters. The molecule has 3 nitrogen and oxygen atoms in total. The molecule has 2 N–H and O–H groups in total. The molecule has 1 rings (SSSR count). The van der Waals surface area contributed by atoms with E-state index in [1.807, 2.05) is 0 Å². The van der Waals surface area contributed by atoms with Crippen LogP contribution in [-0.4, -0.2) is 24.2 Å². The molecule has 1 amide bonds. The summed E-state index contributed by atoms with van der Waals surface area (Å²) in [6.45, 7) is 7.17. The summed E-state index contributed by atoms with van der Waals surface area (Å²) in [4.78, 5) is 12.3. The van der Waals surface area contributed by atoms with Crippen molar-refractivity contribution in [3.63, 3.8) is 0 Å². The monoisotopic (exact) mass is 269 g/mol. The highest BCUT2D eigenvalue weighted by Gasteiger charge is 2.33. The Kier molecular flexibility index (Phi) is 6.31. The van der Waals surface area contributed by atoms with Gasteiger partial charge in [0.05, 0.1) is 0 Å². The fourth-order valence-corrected chi connectivity index (χ4v) is 2.80. The van der Waals surface area contributed by atoms with Gasteiger partial charge in [0.2, 0.25) is 5.91 Å². The summed E-state index contributed by atoms with van der Waals surface area (Å²) in [5, 5.41) is 12.3. The van der Waals surface area contributed by atoms with E-state index in [0.29, 0.717) is 0 Å². The standard InChI is InChI=1S/C16H31NO2/c1-15(2,13-18)9-8-12-17-14(19)16(3)10-6-4-5-7-11-16/h18H,4-13H2,1-3H3,(H,17,19). The summed E-state index contributed by atoms with van der Waals surface area (Å²) in [5.41, 5.74) is -0.181. The highest BCUT2D eigenvalue weighted by atomic mass is 16.3. The summed E-state index contributed by atoms with van der Waals surface area (Å²) in [6.07, 6.45) is 8.85. The van der Waals surface area contributed by atoms with Crippen LogP contribution in [0.2, 0.25) is 0 Å². The molecule has 19 heavy (non-hydrogen) atoms. The Morgan fingerprint density at radius 3 is 2.32 bits per heavy atom. The molecular formula is C16H31NO2. The van der Waals surface area contributed by atoms with E-state index in [0.717, 1.165) is 32.2 Å². The Bertz CT molecular complexity index is 278. The molecule has 0 aromatic rings. The first-order valence-electron chi connectivity index (χ1n) is 7.79. The van der Waals surface area contributed by atoms with E-state index in [1.165, 1.54) is 25.7 Å². The number of aliphatic hydroxyl groups is 1. The molecule has 1 saturated carbocycles. The van der Waals surface area contributed by atoms with Gasteiger partial charge in [-0.1, -0.05) is 46.5 Å². The van der Waals surface area contributed by atoms with Crippen molar-refractivity contribution in [3.8, 4) is 0 Å². The molecule has 112 valence electrons. The number of hydrogen-bond donors (Lipinski definition) is 2. The molecule has 0 aliphatic heterocycles. The van der Waals surface area contributed by atoms with E-state index in [1.54, 1.807) is 0 Å². The summed E-state index contributed by atoms with van der Waals surface area (Å²) in [7, 11) is 0. The van der Waals surface area contributed by atoms with E-state index in [9.17, 15) is 9.90 Å². The Hall–Kier alpha value is -0.570. The molecule has 0 unspecified atom stereocenters. The molecule has 1 fully saturated rings. The van der Waals surface area contributed by atoms with E-state index in [-0.39, 0.29) is 23.3 Å². The van der Waals surface area contributed by atoms with Crippen molar-refractivity contribution >= 4 is 5.91 Å². The van der Waals surface area contributed by atoms with Gasteiger partial charge in [-0.2, -0.15) is 0 Å². The maximum Gasteiger partial charge on any atom is 0.225 e. The molecule has 0 radical (unpaired) electrons. The van der Waals surface area contributed by atoms with Crippen LogP contribution in [-0.2, 0) is 4.79 Å². The van der Waals surface area contributed by atoms with Crippen molar-refractivity contribution in [2.45, 2.75) is 72.1 Å². The van der Waals surface area contributed by atoms with Gasteiger partial charge in [0.1, 0.15) is 0 Å². The van der Waals surface area contributed by atoms with Crippen LogP contribution in [0.3, 0.4) is 0 Å². The number of carbonyl (C=O) groups excluding carboxylic acids is 1. The second kappa shape index (κ2) is 7.28. The van der Waals surface area contributed by atoms with Crippen molar-refractivity contribution in [3.05, 3.63) is 0 Å². The Labute approximate surface area is 118 Å². The highest BCUT2D eigenvalue weighted by molar-refractivity contribution is 5.82. The first-order valence-corrected chi connectivity index (χ1v) is 7.79. The van der Waals surface area contributed by atoms with Crippen molar-refractivity contribution in [1.29, 1.82) is 0 Å². The average Bonchev–Trinajstić information content (AvgIpc) is 2.60. The molecular weight excluding hydrogens is 238 g/mol. The SMILES string of the molecule is CC(C)(CO)CCCNC(=O)C1(C)CCCCCC1. The molecule has 0 bridgehead atoms. The second-order valence-corrected chi connectivity index (χ2v) is 7.16. The van der Waals surface area contributed by atoms with Gasteiger partial charge in [-0.15, -0.1) is 0 Å². The van der Waals surface area contributed by atoms with Crippen LogP contribution in [0.1, 0.15) is 72.1 Å². The second-order valence-electron chi connectivity index (χ2n) is 7.16. The lowest BCUT2D eigenvalue weighted by Crippen LogP contribution is -2.39. The van der Waals surface area contributed by atoms with Crippen molar-refractivity contribution in [1.82, 2.24) is 5.32 Å². The minimum atomic E-state index is -0.150. The predicted molar refractivity (Wildman–Crippen MR) is 78.9 cm³/mol. The quantitative estimate of drug-likeness (QED) is 0.574. The Balaban J connectivity index is 2.30. The summed E-state index contributed by atoms with van der Waals surface area (Å²) >= 11 is 0. The van der Waals surface area contributed by atoms with Crippen LogP contribution < -0.4 is 5.32 Å². The van der Waals surface area contributed by atoms with Crippen LogP contribution in [0.5, 0.6) is 0 Å². The minimum Gasteiger partial charge on any atom is -0.396 e. The number of nitrogens with one attached hydrogen (secondary N) is 1. The molecule has 0 saturated heterocycles. The maximum atomic E-state index is 12.3. The van der Waals surface area contributed by atoms with Crippen LogP contribution in [0, 0.1) is 10.8 Å². The average molecular weight is 269 g/mol. The van der Waals surface area contributed by atoms with Gasteiger partial charge < -0.3 is 10.4 Å². The third-order valence-corrected chi connectivity index (χ3v) is 4.50. The number of carbonyl (C=O) groups is 1. The summed E-state index contributed by atoms with van der Waals surface area (Å²) in [5.74, 6) is 0.233. The van der Waals surface area contributed by atoms with Crippen molar-refractivity contribution in [2.75, 3.05) is 13.2 Å². The molecule has 1 aliphatic rings. The maximum absolute atomic E-state index is 12.3. The predicted octanol–water partition coefficient (Wildman–Crippen LogP) is 3.26. The lowest BCUT2D eigenvalue weighted by molar-refractivity contribution is -0.130. The largest absolute Gasteiger partial charge is 0.396 e. The van der Waals surface area contributed by atoms with Crippen LogP contribution in [0.4, 0.5) is 0 Å². The van der Waals surface area contributed by atoms with Gasteiger partial charge in [-0.05, 0) is 31.1 Å². The van der Waals surface area contributed by atoms with E-state index >= 15 is 0 Å². The van der Waals surface area contributed by atoms with Gasteiger partial charge in [0.15, 0.2) is 0 Å². The van der Waals surface area contributed by atoms with E-state index in [2.05, 4.69) is 26.1 Å². The number of rotatable bonds is 6. The smallest absolute Gasteiger partial charge is 0.225 e. The van der Waals surface area contributed by atoms with Crippen LogP contribution in [0.25, 0.3) is 0 Å². The van der Waals surface area contributed by atoms with Gasteiger partial charge in [-0.3, -0.25) is 4.79 Å². The first-order chi connectivity index (χ1) is 8.90. The van der Waals surface area contributed by atoms with Gasteiger partial charge in [0, 0.05) is 18.6 Å². The van der Waals surface area contributed by atoms with Gasteiger partial charge in [0.25, 0.3) is 0 Å². The normalized spacial score (nSPS) is 19.8. The van der Waals surface area contributed by atoms with Crippen molar-refractivity contribution < 1.29 is 9.90 Å². The summed E-state index contributed by atoms with van der Waals surface area (Å²) in [6, 6.07) is 0. The molecule has 0 heterocycles. The molecule has 1 aliphatic carbocycles. The summed E-state index contributed by atoms with van der Waals surface area (Å²) < 4.78 is 0. The van der Waals surface area contributed by atoms with Gasteiger partial charge >= 0.3 is 0 Å². The zero-order valence-electron chi connectivity index (χ0n) is 12.9. The third kappa shape index (κ3) is 5.52. The molecule has 0 spiro atoms. The topological polar surface area (TPSA) is 49.3 Å². The lowest BCUT2D eigenvalue weighted by atomic mass is 9.81. The van der Waals surface area contributed by atoms with Crippen LogP contribution in [0.15, 0.2) is 0 Å².